The van der Waals surface area contributed by atoms with E-state index in [1.807, 2.05) is 7.05 Å². The summed E-state index contributed by atoms with van der Waals surface area (Å²) < 4.78 is 11.0. The van der Waals surface area contributed by atoms with Crippen LogP contribution in [0.4, 0.5) is 0 Å². The summed E-state index contributed by atoms with van der Waals surface area (Å²) in [6, 6.07) is 1.38. The van der Waals surface area contributed by atoms with Crippen LogP contribution in [0.15, 0.2) is 4.99 Å². The van der Waals surface area contributed by atoms with E-state index in [0.717, 1.165) is 25.1 Å². The Kier molecular flexibility index (Phi) is 4.75. The van der Waals surface area contributed by atoms with E-state index in [4.69, 9.17) is 9.47 Å². The molecule has 0 aromatic carbocycles. The second kappa shape index (κ2) is 6.74. The molecule has 2 saturated heterocycles. The first-order chi connectivity index (χ1) is 9.85. The van der Waals surface area contributed by atoms with Gasteiger partial charge in [-0.3, -0.25) is 9.89 Å². The van der Waals surface area contributed by atoms with Gasteiger partial charge < -0.3 is 20.1 Å². The zero-order valence-corrected chi connectivity index (χ0v) is 12.3. The van der Waals surface area contributed by atoms with E-state index in [1.165, 1.54) is 25.8 Å². The maximum atomic E-state index is 5.62. The standard InChI is InChI=1S/C14H26N4O2/c1-15-14(16-8-13-10-19-6-7-20-13)17-11-4-5-18(9-11)12-2-3-12/h11-13H,2-10H2,1H3,(H2,15,16,17). The van der Waals surface area contributed by atoms with Gasteiger partial charge in [0.1, 0.15) is 0 Å². The molecule has 6 nitrogen and oxygen atoms in total. The maximum Gasteiger partial charge on any atom is 0.191 e. The first-order valence-electron chi connectivity index (χ1n) is 7.75. The third kappa shape index (κ3) is 3.84. The third-order valence-electron chi connectivity index (χ3n) is 4.23. The Morgan fingerprint density at radius 3 is 2.90 bits per heavy atom. The van der Waals surface area contributed by atoms with Crippen LogP contribution in [0.1, 0.15) is 19.3 Å². The Bertz CT molecular complexity index is 340. The van der Waals surface area contributed by atoms with Crippen LogP contribution < -0.4 is 10.6 Å². The first-order valence-corrected chi connectivity index (χ1v) is 7.75. The van der Waals surface area contributed by atoms with Gasteiger partial charge in [-0.2, -0.15) is 0 Å². The first kappa shape index (κ1) is 14.1. The summed E-state index contributed by atoms with van der Waals surface area (Å²) in [6.07, 6.45) is 4.12. The number of nitrogens with one attached hydrogen (secondary N) is 2. The fourth-order valence-corrected chi connectivity index (χ4v) is 2.93. The van der Waals surface area contributed by atoms with Crippen molar-refractivity contribution in [2.75, 3.05) is 46.5 Å². The smallest absolute Gasteiger partial charge is 0.191 e. The summed E-state index contributed by atoms with van der Waals surface area (Å²) in [4.78, 5) is 6.90. The number of ether oxygens (including phenoxy) is 2. The summed E-state index contributed by atoms with van der Waals surface area (Å²) in [5.41, 5.74) is 0. The van der Waals surface area contributed by atoms with E-state index in [0.29, 0.717) is 25.9 Å². The van der Waals surface area contributed by atoms with Crippen molar-refractivity contribution in [2.24, 2.45) is 4.99 Å². The normalized spacial score (nSPS) is 32.4. The summed E-state index contributed by atoms with van der Waals surface area (Å²) in [5, 5.41) is 6.86. The topological polar surface area (TPSA) is 58.1 Å². The van der Waals surface area contributed by atoms with E-state index in [9.17, 15) is 0 Å². The van der Waals surface area contributed by atoms with Crippen molar-refractivity contribution in [3.8, 4) is 0 Å². The van der Waals surface area contributed by atoms with E-state index in [-0.39, 0.29) is 6.10 Å². The average molecular weight is 282 g/mol. The molecule has 1 aliphatic carbocycles. The lowest BCUT2D eigenvalue weighted by Crippen LogP contribution is -2.48. The molecule has 3 rings (SSSR count). The highest BCUT2D eigenvalue weighted by Gasteiger charge is 2.34. The van der Waals surface area contributed by atoms with Gasteiger partial charge in [-0.25, -0.2) is 0 Å². The molecular weight excluding hydrogens is 256 g/mol. The minimum Gasteiger partial charge on any atom is -0.376 e. The number of nitrogens with zero attached hydrogens (tertiary/aromatic N) is 2. The van der Waals surface area contributed by atoms with Crippen LogP contribution in [0.2, 0.25) is 0 Å². The Morgan fingerprint density at radius 2 is 2.20 bits per heavy atom. The lowest BCUT2D eigenvalue weighted by atomic mass is 10.3. The van der Waals surface area contributed by atoms with Gasteiger partial charge in [0.25, 0.3) is 0 Å². The number of likely N-dealkylation sites (tertiary alicyclic amines) is 1. The molecule has 2 N–H and O–H groups in total. The van der Waals surface area contributed by atoms with Crippen molar-refractivity contribution in [1.82, 2.24) is 15.5 Å². The Balaban J connectivity index is 1.38. The molecule has 1 saturated carbocycles. The Hall–Kier alpha value is -0.850. The largest absolute Gasteiger partial charge is 0.376 e. The van der Waals surface area contributed by atoms with Crippen LogP contribution in [-0.4, -0.2) is 75.5 Å². The van der Waals surface area contributed by atoms with Gasteiger partial charge in [0.2, 0.25) is 0 Å². The maximum absolute atomic E-state index is 5.62. The van der Waals surface area contributed by atoms with Crippen LogP contribution in [0.3, 0.4) is 0 Å². The molecule has 0 bridgehead atoms. The minimum absolute atomic E-state index is 0.133. The number of aliphatic imine (C=N–C) groups is 1. The molecule has 2 heterocycles. The van der Waals surface area contributed by atoms with Crippen LogP contribution in [0.25, 0.3) is 0 Å². The van der Waals surface area contributed by atoms with E-state index in [2.05, 4.69) is 20.5 Å². The Morgan fingerprint density at radius 1 is 1.30 bits per heavy atom. The number of rotatable bonds is 4. The molecular formula is C14H26N4O2. The van der Waals surface area contributed by atoms with Crippen molar-refractivity contribution < 1.29 is 9.47 Å². The van der Waals surface area contributed by atoms with Crippen molar-refractivity contribution in [1.29, 1.82) is 0 Å². The van der Waals surface area contributed by atoms with Crippen molar-refractivity contribution >= 4 is 5.96 Å². The predicted molar refractivity (Wildman–Crippen MR) is 78.1 cm³/mol. The second-order valence-electron chi connectivity index (χ2n) is 5.88. The summed E-state index contributed by atoms with van der Waals surface area (Å²) in [5.74, 6) is 0.877. The van der Waals surface area contributed by atoms with E-state index < -0.39 is 0 Å². The van der Waals surface area contributed by atoms with E-state index in [1.54, 1.807) is 0 Å². The van der Waals surface area contributed by atoms with Gasteiger partial charge in [0.05, 0.1) is 25.9 Å². The zero-order valence-electron chi connectivity index (χ0n) is 12.3. The molecule has 20 heavy (non-hydrogen) atoms. The molecule has 2 aliphatic heterocycles. The van der Waals surface area contributed by atoms with Gasteiger partial charge in [0.15, 0.2) is 5.96 Å². The highest BCUT2D eigenvalue weighted by Crippen LogP contribution is 2.29. The lowest BCUT2D eigenvalue weighted by molar-refractivity contribution is -0.0850. The van der Waals surface area contributed by atoms with Gasteiger partial charge in [-0.05, 0) is 19.3 Å². The lowest BCUT2D eigenvalue weighted by Gasteiger charge is -2.25. The SMILES string of the molecule is CN=C(NCC1COCCO1)NC1CCN(C2CC2)C1. The van der Waals surface area contributed by atoms with Crippen LogP contribution in [0.5, 0.6) is 0 Å². The van der Waals surface area contributed by atoms with Crippen LogP contribution in [-0.2, 0) is 9.47 Å². The monoisotopic (exact) mass is 282 g/mol. The van der Waals surface area contributed by atoms with E-state index >= 15 is 0 Å². The van der Waals surface area contributed by atoms with Crippen molar-refractivity contribution in [3.63, 3.8) is 0 Å². The van der Waals surface area contributed by atoms with Gasteiger partial charge in [-0.1, -0.05) is 0 Å². The molecule has 3 aliphatic rings. The molecule has 0 radical (unpaired) electrons. The number of guanidine groups is 1. The fraction of sp³-hybridized carbons (Fsp3) is 0.929. The van der Waals surface area contributed by atoms with Crippen molar-refractivity contribution in [2.45, 2.75) is 37.5 Å². The molecule has 3 fully saturated rings. The predicted octanol–water partition coefficient (Wildman–Crippen LogP) is -0.196. The molecule has 2 unspecified atom stereocenters. The summed E-state index contributed by atoms with van der Waals surface area (Å²) in [7, 11) is 1.82. The molecule has 0 spiro atoms. The van der Waals surface area contributed by atoms with Gasteiger partial charge in [-0.15, -0.1) is 0 Å². The average Bonchev–Trinajstić information content (AvgIpc) is 3.24. The number of hydrogen-bond acceptors (Lipinski definition) is 4. The quantitative estimate of drug-likeness (QED) is 0.553. The summed E-state index contributed by atoms with van der Waals surface area (Å²) in [6.45, 7) is 5.19. The molecule has 114 valence electrons. The van der Waals surface area contributed by atoms with Crippen LogP contribution in [0, 0.1) is 0 Å². The van der Waals surface area contributed by atoms with Gasteiger partial charge >= 0.3 is 0 Å². The highest BCUT2D eigenvalue weighted by atomic mass is 16.6. The minimum atomic E-state index is 0.133. The molecule has 2 atom stereocenters. The molecule has 0 aromatic heterocycles. The Labute approximate surface area is 120 Å². The second-order valence-corrected chi connectivity index (χ2v) is 5.88. The van der Waals surface area contributed by atoms with Gasteiger partial charge in [0, 0.05) is 38.8 Å². The number of hydrogen-bond donors (Lipinski definition) is 2. The zero-order chi connectivity index (χ0) is 13.8. The summed E-state index contributed by atoms with van der Waals surface area (Å²) >= 11 is 0. The van der Waals surface area contributed by atoms with Crippen molar-refractivity contribution in [3.05, 3.63) is 0 Å². The van der Waals surface area contributed by atoms with Crippen LogP contribution >= 0.6 is 0 Å². The third-order valence-corrected chi connectivity index (χ3v) is 4.23. The molecule has 6 heteroatoms. The fourth-order valence-electron chi connectivity index (χ4n) is 2.93. The molecule has 0 amide bonds. The highest BCUT2D eigenvalue weighted by molar-refractivity contribution is 5.80. The molecule has 0 aromatic rings.